The summed E-state index contributed by atoms with van der Waals surface area (Å²) in [7, 11) is -1.86. The molecule has 3 heteroatoms. The van der Waals surface area contributed by atoms with Crippen molar-refractivity contribution in [2.45, 2.75) is 149 Å². The Morgan fingerprint density at radius 1 is 0.929 bits per heavy atom. The number of fused-ring (bicyclic) bond motifs is 5. The van der Waals surface area contributed by atoms with Gasteiger partial charge in [0.05, 0.1) is 0 Å². The highest BCUT2D eigenvalue weighted by atomic mass is 28.4. The van der Waals surface area contributed by atoms with Crippen molar-refractivity contribution >= 4 is 8.32 Å². The average Bonchev–Trinajstić information content (AvgIpc) is 3.26. The average molecular weight is 593 g/mol. The molecule has 42 heavy (non-hydrogen) atoms. The summed E-state index contributed by atoms with van der Waals surface area (Å²) >= 11 is 0. The highest BCUT2D eigenvalue weighted by molar-refractivity contribution is 6.74. The molecule has 0 spiro atoms. The Morgan fingerprint density at radius 2 is 1.62 bits per heavy atom. The Morgan fingerprint density at radius 3 is 2.26 bits per heavy atom. The Kier molecular flexibility index (Phi) is 8.87. The van der Waals surface area contributed by atoms with Gasteiger partial charge in [-0.05, 0) is 115 Å². The van der Waals surface area contributed by atoms with Crippen LogP contribution >= 0.6 is 0 Å². The molecule has 0 saturated heterocycles. The van der Waals surface area contributed by atoms with Crippen molar-refractivity contribution in [2.24, 2.45) is 46.3 Å². The Labute approximate surface area is 260 Å². The predicted molar refractivity (Wildman–Crippen MR) is 181 cm³/mol. The van der Waals surface area contributed by atoms with E-state index >= 15 is 0 Å². The summed E-state index contributed by atoms with van der Waals surface area (Å²) in [5.74, 6) is 3.75. The first-order valence-corrected chi connectivity index (χ1v) is 20.6. The molecule has 3 saturated carbocycles. The summed E-state index contributed by atoms with van der Waals surface area (Å²) < 4.78 is 7.04. The van der Waals surface area contributed by atoms with Crippen LogP contribution in [0.4, 0.5) is 0 Å². The van der Waals surface area contributed by atoms with E-state index in [4.69, 9.17) is 4.43 Å². The Hall–Kier alpha value is -0.903. The van der Waals surface area contributed by atoms with Crippen LogP contribution in [0.5, 0.6) is 0 Å². The third-order valence-electron chi connectivity index (χ3n) is 13.9. The maximum absolute atomic E-state index is 13.1. The van der Waals surface area contributed by atoms with Gasteiger partial charge in [-0.25, -0.2) is 0 Å². The van der Waals surface area contributed by atoms with Crippen LogP contribution in [-0.4, -0.2) is 19.5 Å². The second-order valence-corrected chi connectivity index (χ2v) is 22.5. The molecule has 3 fully saturated rings. The number of rotatable bonds is 8. The van der Waals surface area contributed by atoms with Gasteiger partial charge < -0.3 is 9.53 Å². The van der Waals surface area contributed by atoms with Crippen LogP contribution in [0.2, 0.25) is 18.1 Å². The Bertz CT molecular complexity index is 1120. The van der Waals surface area contributed by atoms with E-state index in [0.717, 1.165) is 36.2 Å². The van der Waals surface area contributed by atoms with Gasteiger partial charge >= 0.3 is 0 Å². The molecule has 2 nitrogen and oxygen atoms in total. The third kappa shape index (κ3) is 5.55. The van der Waals surface area contributed by atoms with Crippen molar-refractivity contribution in [3.63, 3.8) is 0 Å². The summed E-state index contributed by atoms with van der Waals surface area (Å²) in [5.41, 5.74) is 2.19. The zero-order chi connectivity index (χ0) is 30.7. The highest BCUT2D eigenvalue weighted by Crippen LogP contribution is 2.70. The van der Waals surface area contributed by atoms with Gasteiger partial charge in [0.2, 0.25) is 0 Å². The standard InChI is InChI=1S/C39H64O2Si/c1-27(2)15-14-16-28(3)32-19-20-33-35-34(22-24-38(32,33)8)37(7)23-21-31(41-42(9,10)36(4,5)6)25-30(37)26-39(35,40)29-17-12-11-13-18-29/h11-13,17-18,26-28,31-35,40H,14-16,19-25H2,1-10H3/t28-,31+,32-,33+,34+,35+,37+,38-,39-/m1/s1. The molecule has 4 aliphatic carbocycles. The molecule has 0 aromatic heterocycles. The number of aliphatic hydroxyl groups is 1. The lowest BCUT2D eigenvalue weighted by atomic mass is 9.43. The van der Waals surface area contributed by atoms with Crippen LogP contribution in [0.25, 0.3) is 0 Å². The fourth-order valence-corrected chi connectivity index (χ4v) is 11.8. The lowest BCUT2D eigenvalue weighted by molar-refractivity contribution is -0.144. The largest absolute Gasteiger partial charge is 0.414 e. The smallest absolute Gasteiger partial charge is 0.192 e. The molecule has 1 N–H and O–H groups in total. The molecular weight excluding hydrogens is 529 g/mol. The van der Waals surface area contributed by atoms with Crippen molar-refractivity contribution in [2.75, 3.05) is 0 Å². The normalized spacial score (nSPS) is 39.3. The number of hydrogen-bond acceptors (Lipinski definition) is 2. The van der Waals surface area contributed by atoms with Crippen LogP contribution in [0.15, 0.2) is 42.0 Å². The fraction of sp³-hybridized carbons (Fsp3) is 0.795. The minimum absolute atomic E-state index is 0.168. The lowest BCUT2D eigenvalue weighted by Crippen LogP contribution is -2.59. The van der Waals surface area contributed by atoms with Crippen molar-refractivity contribution in [1.29, 1.82) is 0 Å². The molecule has 0 heterocycles. The van der Waals surface area contributed by atoms with Gasteiger partial charge in [-0.3, -0.25) is 0 Å². The van der Waals surface area contributed by atoms with Crippen molar-refractivity contribution in [3.8, 4) is 0 Å². The van der Waals surface area contributed by atoms with E-state index in [1.54, 1.807) is 0 Å². The van der Waals surface area contributed by atoms with E-state index in [-0.39, 0.29) is 22.5 Å². The van der Waals surface area contributed by atoms with Gasteiger partial charge in [-0.1, -0.05) is 111 Å². The van der Waals surface area contributed by atoms with Crippen LogP contribution in [0, 0.1) is 46.3 Å². The molecule has 1 aromatic carbocycles. The van der Waals surface area contributed by atoms with Crippen molar-refractivity contribution in [1.82, 2.24) is 0 Å². The van der Waals surface area contributed by atoms with Crippen LogP contribution in [0.3, 0.4) is 0 Å². The SMILES string of the molecule is CC(C)CCC[C@@H](C)[C@H]1CC[C@H]2[C@H]3[C@H](CC[C@]12C)[C@@]1(C)CC[C@H](O[Si](C)(C)C(C)(C)C)CC1=C[C@@]3(O)c1ccccc1. The molecule has 1 aromatic rings. The minimum Gasteiger partial charge on any atom is -0.414 e. The predicted octanol–water partition coefficient (Wildman–Crippen LogP) is 10.9. The third-order valence-corrected chi connectivity index (χ3v) is 18.4. The first-order chi connectivity index (χ1) is 19.5. The lowest BCUT2D eigenvalue weighted by Gasteiger charge is -2.63. The van der Waals surface area contributed by atoms with E-state index in [1.807, 2.05) is 0 Å². The Balaban J connectivity index is 1.50. The van der Waals surface area contributed by atoms with Crippen LogP contribution < -0.4 is 0 Å². The molecule has 0 unspecified atom stereocenters. The first-order valence-electron chi connectivity index (χ1n) is 17.7. The highest BCUT2D eigenvalue weighted by Gasteiger charge is 2.65. The molecule has 236 valence electrons. The maximum atomic E-state index is 13.1. The zero-order valence-electron chi connectivity index (χ0n) is 28.9. The van der Waals surface area contributed by atoms with E-state index in [1.165, 1.54) is 56.9 Å². The summed E-state index contributed by atoms with van der Waals surface area (Å²) in [6.07, 6.45) is 15.3. The number of benzene rings is 1. The van der Waals surface area contributed by atoms with Crippen LogP contribution in [0.1, 0.15) is 125 Å². The first kappa shape index (κ1) is 32.5. The van der Waals surface area contributed by atoms with Crippen molar-refractivity contribution in [3.05, 3.63) is 47.5 Å². The summed E-state index contributed by atoms with van der Waals surface area (Å²) in [6, 6.07) is 10.8. The van der Waals surface area contributed by atoms with Gasteiger partial charge in [0, 0.05) is 12.0 Å². The van der Waals surface area contributed by atoms with E-state index < -0.39 is 13.9 Å². The number of hydrogen-bond donors (Lipinski definition) is 1. The molecule has 0 amide bonds. The van der Waals surface area contributed by atoms with Gasteiger partial charge in [0.15, 0.2) is 8.32 Å². The van der Waals surface area contributed by atoms with E-state index in [0.29, 0.717) is 17.3 Å². The quantitative estimate of drug-likeness (QED) is 0.240. The molecule has 4 aliphatic rings. The summed E-state index contributed by atoms with van der Waals surface area (Å²) in [6.45, 7) is 24.3. The minimum atomic E-state index is -1.86. The molecule has 9 atom stereocenters. The summed E-state index contributed by atoms with van der Waals surface area (Å²) in [4.78, 5) is 0. The second-order valence-electron chi connectivity index (χ2n) is 17.8. The summed E-state index contributed by atoms with van der Waals surface area (Å²) in [5, 5.41) is 13.3. The van der Waals surface area contributed by atoms with Crippen LogP contribution in [-0.2, 0) is 10.0 Å². The topological polar surface area (TPSA) is 29.5 Å². The van der Waals surface area contributed by atoms with Gasteiger partial charge in [0.25, 0.3) is 0 Å². The van der Waals surface area contributed by atoms with E-state index in [2.05, 4.69) is 105 Å². The van der Waals surface area contributed by atoms with E-state index in [9.17, 15) is 5.11 Å². The molecule has 0 bridgehead atoms. The van der Waals surface area contributed by atoms with Gasteiger partial charge in [-0.2, -0.15) is 0 Å². The fourth-order valence-electron chi connectivity index (χ4n) is 10.4. The van der Waals surface area contributed by atoms with Gasteiger partial charge in [0.1, 0.15) is 5.60 Å². The monoisotopic (exact) mass is 592 g/mol. The van der Waals surface area contributed by atoms with Gasteiger partial charge in [-0.15, -0.1) is 0 Å². The molecule has 0 aliphatic heterocycles. The zero-order valence-corrected chi connectivity index (χ0v) is 29.9. The molecule has 0 radical (unpaired) electrons. The van der Waals surface area contributed by atoms with Crippen molar-refractivity contribution < 1.29 is 9.53 Å². The second kappa shape index (κ2) is 11.5. The molecular formula is C39H64O2Si. The molecule has 5 rings (SSSR count). The maximum Gasteiger partial charge on any atom is 0.192 e.